The molecule has 0 saturated carbocycles. The zero-order valence-electron chi connectivity index (χ0n) is 14.1. The van der Waals surface area contributed by atoms with Crippen LogP contribution in [0.2, 0.25) is 0 Å². The Morgan fingerprint density at radius 2 is 2.08 bits per heavy atom. The van der Waals surface area contributed by atoms with E-state index in [4.69, 9.17) is 4.74 Å². The van der Waals surface area contributed by atoms with Crippen molar-refractivity contribution in [2.45, 2.75) is 39.8 Å². The standard InChI is InChI=1S/C17H20N4O3/c1-10-7-11(2)21(20-10)9-15(22)18-12-5-6-13-14(8-12)24-17(3,4)16(23)19-13/h5-8H,9H2,1-4H3,(H,18,22)(H,19,23). The smallest absolute Gasteiger partial charge is 0.268 e. The predicted molar refractivity (Wildman–Crippen MR) is 90.1 cm³/mol. The molecule has 1 aromatic heterocycles. The molecule has 3 rings (SSSR count). The van der Waals surface area contributed by atoms with Crippen molar-refractivity contribution in [1.82, 2.24) is 9.78 Å². The number of anilines is 2. The normalized spacial score (nSPS) is 15.2. The van der Waals surface area contributed by atoms with Crippen LogP contribution in [0.25, 0.3) is 0 Å². The lowest BCUT2D eigenvalue weighted by Gasteiger charge is -2.31. The number of rotatable bonds is 3. The topological polar surface area (TPSA) is 85.2 Å². The Morgan fingerprint density at radius 1 is 1.33 bits per heavy atom. The van der Waals surface area contributed by atoms with Gasteiger partial charge in [-0.05, 0) is 45.9 Å². The first-order valence-corrected chi connectivity index (χ1v) is 7.70. The lowest BCUT2D eigenvalue weighted by atomic mass is 10.1. The number of hydrogen-bond acceptors (Lipinski definition) is 4. The van der Waals surface area contributed by atoms with Gasteiger partial charge < -0.3 is 15.4 Å². The monoisotopic (exact) mass is 328 g/mol. The molecular formula is C17H20N4O3. The summed E-state index contributed by atoms with van der Waals surface area (Å²) in [6, 6.07) is 7.06. The third-order valence-electron chi connectivity index (χ3n) is 3.82. The zero-order chi connectivity index (χ0) is 17.5. The number of amides is 2. The highest BCUT2D eigenvalue weighted by atomic mass is 16.5. The maximum atomic E-state index is 12.2. The number of fused-ring (bicyclic) bond motifs is 1. The molecule has 0 bridgehead atoms. The van der Waals surface area contributed by atoms with Crippen LogP contribution in [0.1, 0.15) is 25.2 Å². The van der Waals surface area contributed by atoms with Crippen LogP contribution in [0.4, 0.5) is 11.4 Å². The van der Waals surface area contributed by atoms with Crippen LogP contribution in [0.3, 0.4) is 0 Å². The molecule has 0 fully saturated rings. The van der Waals surface area contributed by atoms with Gasteiger partial charge >= 0.3 is 0 Å². The van der Waals surface area contributed by atoms with Crippen LogP contribution >= 0.6 is 0 Å². The van der Waals surface area contributed by atoms with E-state index in [0.717, 1.165) is 11.4 Å². The van der Waals surface area contributed by atoms with E-state index in [1.54, 1.807) is 36.7 Å². The van der Waals surface area contributed by atoms with Gasteiger partial charge in [-0.2, -0.15) is 5.10 Å². The van der Waals surface area contributed by atoms with Crippen LogP contribution < -0.4 is 15.4 Å². The summed E-state index contributed by atoms with van der Waals surface area (Å²) in [6.07, 6.45) is 0. The average Bonchev–Trinajstić information content (AvgIpc) is 2.78. The van der Waals surface area contributed by atoms with E-state index in [-0.39, 0.29) is 18.4 Å². The molecule has 2 heterocycles. The summed E-state index contributed by atoms with van der Waals surface area (Å²) in [4.78, 5) is 24.1. The highest BCUT2D eigenvalue weighted by Crippen LogP contribution is 2.35. The summed E-state index contributed by atoms with van der Waals surface area (Å²) in [5, 5.41) is 9.89. The van der Waals surface area contributed by atoms with Crippen molar-refractivity contribution in [3.63, 3.8) is 0 Å². The Bertz CT molecular complexity index is 823. The second-order valence-corrected chi connectivity index (χ2v) is 6.41. The Hall–Kier alpha value is -2.83. The second-order valence-electron chi connectivity index (χ2n) is 6.41. The molecule has 24 heavy (non-hydrogen) atoms. The van der Waals surface area contributed by atoms with Gasteiger partial charge in [-0.3, -0.25) is 14.3 Å². The summed E-state index contributed by atoms with van der Waals surface area (Å²) in [6.45, 7) is 7.32. The Balaban J connectivity index is 1.73. The lowest BCUT2D eigenvalue weighted by molar-refractivity contribution is -0.129. The van der Waals surface area contributed by atoms with Crippen molar-refractivity contribution in [1.29, 1.82) is 0 Å². The molecule has 0 radical (unpaired) electrons. The van der Waals surface area contributed by atoms with Gasteiger partial charge in [0.25, 0.3) is 5.91 Å². The SMILES string of the molecule is Cc1cc(C)n(CC(=O)Nc2ccc3c(c2)OC(C)(C)C(=O)N3)n1. The Morgan fingerprint density at radius 3 is 2.75 bits per heavy atom. The fourth-order valence-corrected chi connectivity index (χ4v) is 2.55. The van der Waals surface area contributed by atoms with Crippen LogP contribution in [0.5, 0.6) is 5.75 Å². The molecule has 1 aliphatic rings. The third-order valence-corrected chi connectivity index (χ3v) is 3.82. The third kappa shape index (κ3) is 3.10. The lowest BCUT2D eigenvalue weighted by Crippen LogP contribution is -2.45. The summed E-state index contributed by atoms with van der Waals surface area (Å²) in [5.41, 5.74) is 2.06. The quantitative estimate of drug-likeness (QED) is 0.905. The molecule has 2 aromatic rings. The van der Waals surface area contributed by atoms with Crippen LogP contribution in [-0.2, 0) is 16.1 Å². The molecule has 2 amide bonds. The summed E-state index contributed by atoms with van der Waals surface area (Å²) >= 11 is 0. The van der Waals surface area contributed by atoms with Gasteiger partial charge in [0.2, 0.25) is 5.91 Å². The van der Waals surface area contributed by atoms with Gasteiger partial charge in [-0.15, -0.1) is 0 Å². The number of carbonyl (C=O) groups is 2. The van der Waals surface area contributed by atoms with Crippen molar-refractivity contribution in [2.24, 2.45) is 0 Å². The van der Waals surface area contributed by atoms with E-state index in [1.165, 1.54) is 0 Å². The number of ether oxygens (including phenoxy) is 1. The predicted octanol–water partition coefficient (Wildman–Crippen LogP) is 2.25. The van der Waals surface area contributed by atoms with Gasteiger partial charge in [0, 0.05) is 17.4 Å². The number of carbonyl (C=O) groups excluding carboxylic acids is 2. The van der Waals surface area contributed by atoms with Crippen molar-refractivity contribution in [2.75, 3.05) is 10.6 Å². The minimum atomic E-state index is -0.945. The van der Waals surface area contributed by atoms with Crippen LogP contribution in [-0.4, -0.2) is 27.2 Å². The molecule has 126 valence electrons. The largest absolute Gasteiger partial charge is 0.476 e. The highest BCUT2D eigenvalue weighted by Gasteiger charge is 2.35. The average molecular weight is 328 g/mol. The molecular weight excluding hydrogens is 308 g/mol. The molecule has 0 atom stereocenters. The number of aryl methyl sites for hydroxylation is 2. The number of hydrogen-bond donors (Lipinski definition) is 2. The van der Waals surface area contributed by atoms with Gasteiger partial charge in [0.15, 0.2) is 5.60 Å². The second kappa shape index (κ2) is 5.67. The zero-order valence-corrected chi connectivity index (χ0v) is 14.1. The number of nitrogens with zero attached hydrogens (tertiary/aromatic N) is 2. The van der Waals surface area contributed by atoms with E-state index in [1.807, 2.05) is 19.9 Å². The fraction of sp³-hybridized carbons (Fsp3) is 0.353. The maximum absolute atomic E-state index is 12.2. The molecule has 7 heteroatoms. The van der Waals surface area contributed by atoms with E-state index in [2.05, 4.69) is 15.7 Å². The minimum Gasteiger partial charge on any atom is -0.476 e. The molecule has 0 saturated heterocycles. The molecule has 0 spiro atoms. The molecule has 2 N–H and O–H groups in total. The molecule has 7 nitrogen and oxygen atoms in total. The van der Waals surface area contributed by atoms with Gasteiger partial charge in [0.1, 0.15) is 12.3 Å². The first kappa shape index (κ1) is 16.0. The highest BCUT2D eigenvalue weighted by molar-refractivity contribution is 6.01. The number of benzene rings is 1. The van der Waals surface area contributed by atoms with Gasteiger partial charge in [-0.25, -0.2) is 0 Å². The first-order chi connectivity index (χ1) is 11.2. The van der Waals surface area contributed by atoms with Crippen LogP contribution in [0.15, 0.2) is 24.3 Å². The van der Waals surface area contributed by atoms with E-state index in [9.17, 15) is 9.59 Å². The van der Waals surface area contributed by atoms with E-state index in [0.29, 0.717) is 17.1 Å². The van der Waals surface area contributed by atoms with Crippen molar-refractivity contribution in [3.8, 4) is 5.75 Å². The fourth-order valence-electron chi connectivity index (χ4n) is 2.55. The molecule has 1 aromatic carbocycles. The van der Waals surface area contributed by atoms with Crippen molar-refractivity contribution >= 4 is 23.2 Å². The summed E-state index contributed by atoms with van der Waals surface area (Å²) < 4.78 is 7.37. The Labute approximate surface area is 140 Å². The first-order valence-electron chi connectivity index (χ1n) is 7.70. The minimum absolute atomic E-state index is 0.139. The molecule has 0 unspecified atom stereocenters. The van der Waals surface area contributed by atoms with Crippen molar-refractivity contribution < 1.29 is 14.3 Å². The number of nitrogens with one attached hydrogen (secondary N) is 2. The van der Waals surface area contributed by atoms with E-state index >= 15 is 0 Å². The molecule has 0 aliphatic carbocycles. The molecule has 1 aliphatic heterocycles. The summed E-state index contributed by atoms with van der Waals surface area (Å²) in [7, 11) is 0. The maximum Gasteiger partial charge on any atom is 0.268 e. The van der Waals surface area contributed by atoms with Crippen LogP contribution in [0, 0.1) is 13.8 Å². The summed E-state index contributed by atoms with van der Waals surface area (Å²) in [5.74, 6) is 0.153. The van der Waals surface area contributed by atoms with Crippen molar-refractivity contribution in [3.05, 3.63) is 35.7 Å². The van der Waals surface area contributed by atoms with Gasteiger partial charge in [0.05, 0.1) is 11.4 Å². The van der Waals surface area contributed by atoms with E-state index < -0.39 is 5.60 Å². The van der Waals surface area contributed by atoms with Gasteiger partial charge in [-0.1, -0.05) is 0 Å². The Kier molecular flexibility index (Phi) is 3.79. The number of aromatic nitrogens is 2.